The van der Waals surface area contributed by atoms with E-state index >= 15 is 0 Å². The maximum Gasteiger partial charge on any atom is 0.317 e. The molecular weight excluding hydrogens is 168 g/mol. The molecule has 7 heteroatoms. The Hall–Kier alpha value is -0.280. The van der Waals surface area contributed by atoms with Crippen molar-refractivity contribution in [3.05, 3.63) is 0 Å². The van der Waals surface area contributed by atoms with Crippen LogP contribution in [0.5, 0.6) is 0 Å². The highest BCUT2D eigenvalue weighted by Crippen LogP contribution is 1.97. The normalized spacial score (nSPS) is 17.5. The number of aliphatic hydroxyl groups excluding tert-OH is 2. The Morgan fingerprint density at radius 2 is 1.75 bits per heavy atom. The van der Waals surface area contributed by atoms with Gasteiger partial charge in [0.1, 0.15) is 0 Å². The van der Waals surface area contributed by atoms with Crippen molar-refractivity contribution in [3.8, 4) is 0 Å². The third kappa shape index (κ3) is 4.57. The lowest BCUT2D eigenvalue weighted by atomic mass is 10.3. The number of nitrogens with two attached hydrogens (primary N) is 1. The van der Waals surface area contributed by atoms with E-state index in [-0.39, 0.29) is 13.1 Å². The first-order chi connectivity index (χ1) is 5.38. The first kappa shape index (κ1) is 11.7. The molecular formula is C5H14N2O5. The molecule has 0 saturated heterocycles. The van der Waals surface area contributed by atoms with Crippen LogP contribution in [-0.4, -0.2) is 56.9 Å². The summed E-state index contributed by atoms with van der Waals surface area (Å²) in [5.74, 6) is -3.21. The highest BCUT2D eigenvalue weighted by atomic mass is 16.7. The van der Waals surface area contributed by atoms with E-state index in [0.29, 0.717) is 0 Å². The fourth-order valence-electron chi connectivity index (χ4n) is 0.468. The van der Waals surface area contributed by atoms with Crippen molar-refractivity contribution >= 4 is 0 Å². The first-order valence-corrected chi connectivity index (χ1v) is 3.34. The lowest BCUT2D eigenvalue weighted by molar-refractivity contribution is -0.360. The van der Waals surface area contributed by atoms with E-state index in [1.54, 1.807) is 0 Å². The molecule has 0 aromatic rings. The quantitative estimate of drug-likeness (QED) is 0.214. The van der Waals surface area contributed by atoms with Crippen molar-refractivity contribution in [1.29, 1.82) is 0 Å². The van der Waals surface area contributed by atoms with Gasteiger partial charge in [-0.3, -0.25) is 5.32 Å². The van der Waals surface area contributed by atoms with Crippen LogP contribution in [0.4, 0.5) is 0 Å². The van der Waals surface area contributed by atoms with Crippen LogP contribution in [-0.2, 0) is 0 Å². The first-order valence-electron chi connectivity index (χ1n) is 3.34. The Balaban J connectivity index is 3.64. The minimum Gasteiger partial charge on any atom is -0.390 e. The van der Waals surface area contributed by atoms with Crippen molar-refractivity contribution in [3.63, 3.8) is 0 Å². The molecule has 12 heavy (non-hydrogen) atoms. The van der Waals surface area contributed by atoms with Crippen LogP contribution >= 0.6 is 0 Å². The summed E-state index contributed by atoms with van der Waals surface area (Å²) in [5.41, 5.74) is 5.01. The molecule has 0 heterocycles. The molecule has 0 aromatic heterocycles. The summed E-state index contributed by atoms with van der Waals surface area (Å²) in [4.78, 5) is 0. The minimum absolute atomic E-state index is 0.0327. The summed E-state index contributed by atoms with van der Waals surface area (Å²) < 4.78 is 0. The standard InChI is InChI=1S/C5H14N2O5/c6-1-3(8)2-7-4(9)5(10,11)12/h3-4,7-12H,1-2,6H2. The van der Waals surface area contributed by atoms with Crippen molar-refractivity contribution in [1.82, 2.24) is 5.32 Å². The second-order valence-electron chi connectivity index (χ2n) is 2.39. The van der Waals surface area contributed by atoms with Gasteiger partial charge in [-0.15, -0.1) is 0 Å². The molecule has 7 nitrogen and oxygen atoms in total. The molecule has 74 valence electrons. The molecule has 0 fully saturated rings. The zero-order chi connectivity index (χ0) is 9.78. The van der Waals surface area contributed by atoms with E-state index in [2.05, 4.69) is 0 Å². The predicted molar refractivity (Wildman–Crippen MR) is 38.5 cm³/mol. The van der Waals surface area contributed by atoms with Crippen molar-refractivity contribution < 1.29 is 25.5 Å². The Labute approximate surface area is 69.1 Å². The van der Waals surface area contributed by atoms with Gasteiger partial charge in [-0.1, -0.05) is 0 Å². The predicted octanol–water partition coefficient (Wildman–Crippen LogP) is -4.16. The van der Waals surface area contributed by atoms with Gasteiger partial charge in [-0.2, -0.15) is 0 Å². The van der Waals surface area contributed by atoms with Crippen LogP contribution in [0.3, 0.4) is 0 Å². The van der Waals surface area contributed by atoms with Gasteiger partial charge >= 0.3 is 5.97 Å². The fourth-order valence-corrected chi connectivity index (χ4v) is 0.468. The molecule has 0 aliphatic heterocycles. The maximum absolute atomic E-state index is 8.83. The molecule has 0 aliphatic carbocycles. The third-order valence-corrected chi connectivity index (χ3v) is 1.19. The smallest absolute Gasteiger partial charge is 0.317 e. The van der Waals surface area contributed by atoms with E-state index in [0.717, 1.165) is 0 Å². The van der Waals surface area contributed by atoms with E-state index in [1.165, 1.54) is 0 Å². The molecule has 0 radical (unpaired) electrons. The summed E-state index contributed by atoms with van der Waals surface area (Å²) in [5, 5.41) is 44.7. The molecule has 2 unspecified atom stereocenters. The summed E-state index contributed by atoms with van der Waals surface area (Å²) in [7, 11) is 0. The van der Waals surface area contributed by atoms with Crippen molar-refractivity contribution in [2.75, 3.05) is 13.1 Å². The van der Waals surface area contributed by atoms with Crippen LogP contribution in [0.15, 0.2) is 0 Å². The molecule has 0 amide bonds. The number of rotatable bonds is 5. The lowest BCUT2D eigenvalue weighted by Gasteiger charge is -2.22. The Morgan fingerprint density at radius 3 is 2.08 bits per heavy atom. The van der Waals surface area contributed by atoms with Gasteiger partial charge in [0.05, 0.1) is 6.10 Å². The molecule has 0 spiro atoms. The monoisotopic (exact) mass is 182 g/mol. The van der Waals surface area contributed by atoms with Crippen molar-refractivity contribution in [2.24, 2.45) is 5.73 Å². The Morgan fingerprint density at radius 1 is 1.25 bits per heavy atom. The lowest BCUT2D eigenvalue weighted by Crippen LogP contribution is -2.53. The van der Waals surface area contributed by atoms with Gasteiger partial charge in [0.25, 0.3) is 0 Å². The summed E-state index contributed by atoms with van der Waals surface area (Å²) >= 11 is 0. The Kier molecular flexibility index (Phi) is 4.57. The number of aliphatic hydroxyl groups is 5. The van der Waals surface area contributed by atoms with Crippen LogP contribution in [0.1, 0.15) is 0 Å². The average molecular weight is 182 g/mol. The zero-order valence-electron chi connectivity index (χ0n) is 6.38. The van der Waals surface area contributed by atoms with Crippen LogP contribution < -0.4 is 11.1 Å². The Bertz CT molecular complexity index is 125. The topological polar surface area (TPSA) is 139 Å². The summed E-state index contributed by atoms with van der Waals surface area (Å²) in [6.45, 7) is -0.184. The van der Waals surface area contributed by atoms with Gasteiger partial charge in [0.2, 0.25) is 0 Å². The average Bonchev–Trinajstić information content (AvgIpc) is 1.97. The second kappa shape index (κ2) is 4.67. The van der Waals surface area contributed by atoms with Gasteiger partial charge in [-0.05, 0) is 0 Å². The molecule has 2 atom stereocenters. The zero-order valence-corrected chi connectivity index (χ0v) is 6.38. The molecule has 0 rings (SSSR count). The van der Waals surface area contributed by atoms with Gasteiger partial charge in [0, 0.05) is 13.1 Å². The van der Waals surface area contributed by atoms with Gasteiger partial charge in [-0.25, -0.2) is 0 Å². The van der Waals surface area contributed by atoms with E-state index in [4.69, 9.17) is 31.3 Å². The number of hydrogen-bond donors (Lipinski definition) is 7. The van der Waals surface area contributed by atoms with Crippen LogP contribution in [0, 0.1) is 0 Å². The highest BCUT2D eigenvalue weighted by molar-refractivity contribution is 4.65. The van der Waals surface area contributed by atoms with E-state index in [9.17, 15) is 0 Å². The van der Waals surface area contributed by atoms with Crippen molar-refractivity contribution in [2.45, 2.75) is 18.3 Å². The minimum atomic E-state index is -3.21. The molecule has 0 aliphatic rings. The fraction of sp³-hybridized carbons (Fsp3) is 1.00. The molecule has 0 aromatic carbocycles. The van der Waals surface area contributed by atoms with Crippen LogP contribution in [0.25, 0.3) is 0 Å². The van der Waals surface area contributed by atoms with Crippen LogP contribution in [0.2, 0.25) is 0 Å². The van der Waals surface area contributed by atoms with Gasteiger partial charge in [0.15, 0.2) is 6.23 Å². The highest BCUT2D eigenvalue weighted by Gasteiger charge is 2.29. The largest absolute Gasteiger partial charge is 0.390 e. The summed E-state index contributed by atoms with van der Waals surface area (Å²) in [6, 6.07) is 0. The molecule has 8 N–H and O–H groups in total. The van der Waals surface area contributed by atoms with Gasteiger partial charge < -0.3 is 31.3 Å². The van der Waals surface area contributed by atoms with E-state index < -0.39 is 18.3 Å². The third-order valence-electron chi connectivity index (χ3n) is 1.19. The summed E-state index contributed by atoms with van der Waals surface area (Å²) in [6.07, 6.45) is -2.86. The number of nitrogens with one attached hydrogen (secondary N) is 1. The SMILES string of the molecule is NCC(O)CNC(O)C(O)(O)O. The molecule has 0 bridgehead atoms. The number of hydrogen-bond acceptors (Lipinski definition) is 7. The maximum atomic E-state index is 8.83. The molecule has 0 saturated carbocycles. The van der Waals surface area contributed by atoms with E-state index in [1.807, 2.05) is 5.32 Å². The second-order valence-corrected chi connectivity index (χ2v) is 2.39.